The van der Waals surface area contributed by atoms with Gasteiger partial charge in [-0.1, -0.05) is 18.2 Å². The first-order valence-electron chi connectivity index (χ1n) is 7.17. The van der Waals surface area contributed by atoms with Crippen molar-refractivity contribution in [1.29, 1.82) is 0 Å². The number of benzene rings is 1. The summed E-state index contributed by atoms with van der Waals surface area (Å²) >= 11 is 0. The Morgan fingerprint density at radius 1 is 1.10 bits per heavy atom. The minimum atomic E-state index is 0.0698. The Kier molecular flexibility index (Phi) is 2.74. The Hall–Kier alpha value is -2.62. The minimum absolute atomic E-state index is 0.0698. The van der Waals surface area contributed by atoms with E-state index in [0.717, 1.165) is 36.2 Å². The summed E-state index contributed by atoms with van der Waals surface area (Å²) < 4.78 is 1.87. The van der Waals surface area contributed by atoms with Gasteiger partial charge in [-0.2, -0.15) is 5.10 Å². The molecule has 21 heavy (non-hydrogen) atoms. The van der Waals surface area contributed by atoms with Crippen molar-refractivity contribution < 1.29 is 4.79 Å². The second-order valence-electron chi connectivity index (χ2n) is 5.27. The standard InChI is InChI=1S/C17H15N3O/c21-17(13-5-2-1-3-6-13)19-11-4-7-14-15(19)9-12-20-16(14)8-10-18-20/h1-3,5-6,8-10,12H,4,7,11H2. The van der Waals surface area contributed by atoms with Crippen molar-refractivity contribution in [1.82, 2.24) is 9.61 Å². The molecule has 0 saturated carbocycles. The quantitative estimate of drug-likeness (QED) is 0.686. The smallest absolute Gasteiger partial charge is 0.258 e. The summed E-state index contributed by atoms with van der Waals surface area (Å²) in [4.78, 5) is 14.6. The summed E-state index contributed by atoms with van der Waals surface area (Å²) in [5, 5.41) is 4.27. The van der Waals surface area contributed by atoms with Crippen LogP contribution < -0.4 is 4.90 Å². The number of aryl methyl sites for hydroxylation is 1. The first kappa shape index (κ1) is 12.1. The molecule has 0 spiro atoms. The van der Waals surface area contributed by atoms with Gasteiger partial charge in [-0.3, -0.25) is 4.79 Å². The van der Waals surface area contributed by atoms with Gasteiger partial charge in [0.25, 0.3) is 5.91 Å². The lowest BCUT2D eigenvalue weighted by atomic mass is 10.0. The largest absolute Gasteiger partial charge is 0.308 e. The third kappa shape index (κ3) is 1.91. The van der Waals surface area contributed by atoms with E-state index in [1.54, 1.807) is 6.20 Å². The molecule has 0 bridgehead atoms. The number of pyridine rings is 1. The van der Waals surface area contributed by atoms with Gasteiger partial charge in [0.15, 0.2) is 0 Å². The van der Waals surface area contributed by atoms with Crippen LogP contribution in [0.2, 0.25) is 0 Å². The third-order valence-corrected chi connectivity index (χ3v) is 4.03. The monoisotopic (exact) mass is 277 g/mol. The van der Waals surface area contributed by atoms with Crippen molar-refractivity contribution in [2.75, 3.05) is 11.4 Å². The normalized spacial score (nSPS) is 14.2. The summed E-state index contributed by atoms with van der Waals surface area (Å²) in [7, 11) is 0. The molecule has 4 nitrogen and oxygen atoms in total. The molecule has 0 aliphatic carbocycles. The lowest BCUT2D eigenvalue weighted by molar-refractivity contribution is 0.0985. The minimum Gasteiger partial charge on any atom is -0.308 e. The Bertz CT molecular complexity index is 807. The number of anilines is 1. The van der Waals surface area contributed by atoms with Crippen LogP contribution in [-0.2, 0) is 6.42 Å². The zero-order valence-corrected chi connectivity index (χ0v) is 11.6. The van der Waals surface area contributed by atoms with E-state index in [2.05, 4.69) is 5.10 Å². The van der Waals surface area contributed by atoms with Gasteiger partial charge in [-0.05, 0) is 37.1 Å². The van der Waals surface area contributed by atoms with E-state index >= 15 is 0 Å². The molecule has 2 aromatic heterocycles. The second-order valence-corrected chi connectivity index (χ2v) is 5.27. The average Bonchev–Trinajstić information content (AvgIpc) is 3.03. The number of nitrogens with zero attached hydrogens (tertiary/aromatic N) is 3. The number of rotatable bonds is 1. The Labute approximate surface area is 122 Å². The van der Waals surface area contributed by atoms with Gasteiger partial charge >= 0.3 is 0 Å². The highest BCUT2D eigenvalue weighted by Gasteiger charge is 2.25. The van der Waals surface area contributed by atoms with Crippen molar-refractivity contribution in [3.05, 3.63) is 66.0 Å². The maximum atomic E-state index is 12.7. The molecule has 1 amide bonds. The summed E-state index contributed by atoms with van der Waals surface area (Å²) in [5.41, 5.74) is 4.06. The van der Waals surface area contributed by atoms with Crippen LogP contribution >= 0.6 is 0 Å². The maximum absolute atomic E-state index is 12.7. The van der Waals surface area contributed by atoms with Crippen molar-refractivity contribution in [2.45, 2.75) is 12.8 Å². The third-order valence-electron chi connectivity index (χ3n) is 4.03. The molecule has 0 unspecified atom stereocenters. The molecular formula is C17H15N3O. The molecule has 3 aromatic rings. The van der Waals surface area contributed by atoms with E-state index < -0.39 is 0 Å². The molecule has 0 atom stereocenters. The second kappa shape index (κ2) is 4.74. The zero-order chi connectivity index (χ0) is 14.2. The summed E-state index contributed by atoms with van der Waals surface area (Å²) in [6, 6.07) is 13.5. The van der Waals surface area contributed by atoms with Gasteiger partial charge in [0.2, 0.25) is 0 Å². The Morgan fingerprint density at radius 2 is 1.95 bits per heavy atom. The van der Waals surface area contributed by atoms with E-state index in [1.807, 2.05) is 58.1 Å². The number of aromatic nitrogens is 2. The van der Waals surface area contributed by atoms with Gasteiger partial charge < -0.3 is 4.90 Å². The molecule has 0 fully saturated rings. The van der Waals surface area contributed by atoms with Crippen molar-refractivity contribution in [2.24, 2.45) is 0 Å². The number of hydrogen-bond acceptors (Lipinski definition) is 2. The molecule has 1 aliphatic rings. The first-order chi connectivity index (χ1) is 10.3. The van der Waals surface area contributed by atoms with E-state index in [9.17, 15) is 4.79 Å². The van der Waals surface area contributed by atoms with Gasteiger partial charge in [0, 0.05) is 30.1 Å². The molecule has 4 heteroatoms. The summed E-state index contributed by atoms with van der Waals surface area (Å²) in [5.74, 6) is 0.0698. The predicted octanol–water partition coefficient (Wildman–Crippen LogP) is 2.93. The Morgan fingerprint density at radius 3 is 2.81 bits per heavy atom. The highest BCUT2D eigenvalue weighted by Crippen LogP contribution is 2.31. The SMILES string of the molecule is O=C(c1ccccc1)N1CCCc2c1ccn1nccc21. The fourth-order valence-electron chi connectivity index (χ4n) is 3.04. The van der Waals surface area contributed by atoms with E-state index in [-0.39, 0.29) is 5.91 Å². The molecule has 0 N–H and O–H groups in total. The predicted molar refractivity (Wildman–Crippen MR) is 81.6 cm³/mol. The van der Waals surface area contributed by atoms with Crippen LogP contribution in [0.25, 0.3) is 5.52 Å². The Balaban J connectivity index is 1.81. The summed E-state index contributed by atoms with van der Waals surface area (Å²) in [6.45, 7) is 0.769. The maximum Gasteiger partial charge on any atom is 0.258 e. The number of carbonyl (C=O) groups excluding carboxylic acids is 1. The van der Waals surface area contributed by atoms with Gasteiger partial charge in [-0.25, -0.2) is 4.52 Å². The molecule has 0 radical (unpaired) electrons. The fourth-order valence-corrected chi connectivity index (χ4v) is 3.04. The number of hydrogen-bond donors (Lipinski definition) is 0. The van der Waals surface area contributed by atoms with Crippen LogP contribution in [0.3, 0.4) is 0 Å². The van der Waals surface area contributed by atoms with E-state index in [1.165, 1.54) is 5.56 Å². The van der Waals surface area contributed by atoms with Crippen LogP contribution in [0.5, 0.6) is 0 Å². The van der Waals surface area contributed by atoms with E-state index in [4.69, 9.17) is 0 Å². The van der Waals surface area contributed by atoms with Crippen molar-refractivity contribution in [3.8, 4) is 0 Å². The number of carbonyl (C=O) groups is 1. The highest BCUT2D eigenvalue weighted by atomic mass is 16.2. The van der Waals surface area contributed by atoms with Crippen LogP contribution in [-0.4, -0.2) is 22.1 Å². The van der Waals surface area contributed by atoms with Crippen LogP contribution in [0.1, 0.15) is 22.3 Å². The van der Waals surface area contributed by atoms with Crippen LogP contribution in [0, 0.1) is 0 Å². The first-order valence-corrected chi connectivity index (χ1v) is 7.17. The van der Waals surface area contributed by atoms with Gasteiger partial charge in [-0.15, -0.1) is 0 Å². The average molecular weight is 277 g/mol. The lowest BCUT2D eigenvalue weighted by Crippen LogP contribution is -2.35. The molecule has 4 rings (SSSR count). The van der Waals surface area contributed by atoms with Gasteiger partial charge in [0.05, 0.1) is 11.2 Å². The zero-order valence-electron chi connectivity index (χ0n) is 11.6. The molecule has 0 saturated heterocycles. The topological polar surface area (TPSA) is 37.6 Å². The van der Waals surface area contributed by atoms with E-state index in [0.29, 0.717) is 0 Å². The van der Waals surface area contributed by atoms with Crippen molar-refractivity contribution in [3.63, 3.8) is 0 Å². The van der Waals surface area contributed by atoms with Crippen LogP contribution in [0.4, 0.5) is 5.69 Å². The van der Waals surface area contributed by atoms with Crippen molar-refractivity contribution >= 4 is 17.1 Å². The molecule has 3 heterocycles. The lowest BCUT2D eigenvalue weighted by Gasteiger charge is -2.30. The highest BCUT2D eigenvalue weighted by molar-refractivity contribution is 6.07. The summed E-state index contributed by atoms with van der Waals surface area (Å²) in [6.07, 6.45) is 5.69. The molecular weight excluding hydrogens is 262 g/mol. The number of amides is 1. The molecule has 1 aromatic carbocycles. The number of fused-ring (bicyclic) bond motifs is 3. The fraction of sp³-hybridized carbons (Fsp3) is 0.176. The van der Waals surface area contributed by atoms with Crippen LogP contribution in [0.15, 0.2) is 54.9 Å². The van der Waals surface area contributed by atoms with Gasteiger partial charge in [0.1, 0.15) is 0 Å². The molecule has 1 aliphatic heterocycles. The molecule has 104 valence electrons.